The zero-order valence-corrected chi connectivity index (χ0v) is 15.5. The Morgan fingerprint density at radius 3 is 2.12 bits per heavy atom. The first kappa shape index (κ1) is 20.2. The third-order valence-corrected chi connectivity index (χ3v) is 3.61. The minimum Gasteiger partial charge on any atom is -0.444 e. The van der Waals surface area contributed by atoms with Gasteiger partial charge in [-0.15, -0.1) is 0 Å². The Labute approximate surface area is 146 Å². The fraction of sp³-hybridized carbons (Fsp3) is 0.600. The molecule has 0 aliphatic heterocycles. The molecule has 0 aliphatic carbocycles. The molecule has 0 heterocycles. The summed E-state index contributed by atoms with van der Waals surface area (Å²) in [6.45, 7) is 7.60. The molecule has 1 rings (SSSR count). The van der Waals surface area contributed by atoms with E-state index in [1.807, 2.05) is 0 Å². The van der Waals surface area contributed by atoms with Crippen molar-refractivity contribution in [3.63, 3.8) is 0 Å². The van der Waals surface area contributed by atoms with E-state index in [1.165, 1.54) is 24.8 Å². The number of ketones is 1. The molecule has 0 fully saturated rings. The van der Waals surface area contributed by atoms with Gasteiger partial charge in [-0.1, -0.05) is 44.0 Å². The molecular formula is C20H31NO3. The van der Waals surface area contributed by atoms with Crippen molar-refractivity contribution in [1.82, 2.24) is 5.32 Å². The molecule has 1 aromatic rings. The molecule has 0 aromatic heterocycles. The number of unbranched alkanes of at least 4 members (excludes halogenated alkanes) is 2. The third kappa shape index (κ3) is 9.33. The number of carbonyl (C=O) groups excluding carboxylic acids is 2. The van der Waals surface area contributed by atoms with Gasteiger partial charge in [-0.05, 0) is 51.2 Å². The molecule has 0 bridgehead atoms. The number of rotatable bonds is 9. The highest BCUT2D eigenvalue weighted by molar-refractivity contribution is 5.84. The molecular weight excluding hydrogens is 302 g/mol. The first-order valence-corrected chi connectivity index (χ1v) is 8.86. The Morgan fingerprint density at radius 2 is 1.58 bits per heavy atom. The molecule has 0 aliphatic rings. The number of nitrogens with one attached hydrogen (secondary N) is 1. The number of alkyl carbamates (subject to hydrolysis) is 1. The molecule has 24 heavy (non-hydrogen) atoms. The second-order valence-electron chi connectivity index (χ2n) is 7.17. The standard InChI is InChI=1S/C20H31NO3/c1-5-6-7-8-16-9-11-17(12-10-16)13-14-18(22)15-21-19(23)24-20(2,3)4/h9-12H,5-8,13-15H2,1-4H3,(H,21,23). The fourth-order valence-electron chi connectivity index (χ4n) is 2.31. The van der Waals surface area contributed by atoms with Crippen molar-refractivity contribution in [3.8, 4) is 0 Å². The van der Waals surface area contributed by atoms with Crippen LogP contribution in [0.3, 0.4) is 0 Å². The van der Waals surface area contributed by atoms with Crippen molar-refractivity contribution in [2.24, 2.45) is 0 Å². The Hall–Kier alpha value is -1.84. The van der Waals surface area contributed by atoms with Crippen molar-refractivity contribution in [1.29, 1.82) is 0 Å². The number of benzene rings is 1. The monoisotopic (exact) mass is 333 g/mol. The molecule has 0 unspecified atom stereocenters. The zero-order valence-electron chi connectivity index (χ0n) is 15.5. The van der Waals surface area contributed by atoms with Crippen molar-refractivity contribution in [2.45, 2.75) is 71.8 Å². The number of amides is 1. The molecule has 0 atom stereocenters. The van der Waals surface area contributed by atoms with Gasteiger partial charge in [0.25, 0.3) is 0 Å². The average Bonchev–Trinajstić information content (AvgIpc) is 2.51. The highest BCUT2D eigenvalue weighted by atomic mass is 16.6. The topological polar surface area (TPSA) is 55.4 Å². The quantitative estimate of drug-likeness (QED) is 0.679. The molecule has 4 nitrogen and oxygen atoms in total. The van der Waals surface area contributed by atoms with Crippen LogP contribution in [0.25, 0.3) is 0 Å². The van der Waals surface area contributed by atoms with Gasteiger partial charge in [0.1, 0.15) is 5.60 Å². The normalized spacial score (nSPS) is 11.2. The Morgan fingerprint density at radius 1 is 1.00 bits per heavy atom. The molecule has 1 amide bonds. The zero-order chi connectivity index (χ0) is 18.0. The Kier molecular flexibility index (Phi) is 8.51. The van der Waals surface area contributed by atoms with Crippen LogP contribution in [-0.2, 0) is 22.4 Å². The van der Waals surface area contributed by atoms with Crippen LogP contribution in [0.4, 0.5) is 4.79 Å². The maximum Gasteiger partial charge on any atom is 0.408 e. The molecule has 0 saturated carbocycles. The third-order valence-electron chi connectivity index (χ3n) is 3.61. The lowest BCUT2D eigenvalue weighted by atomic mass is 10.0. The minimum atomic E-state index is -0.550. The van der Waals surface area contributed by atoms with Crippen LogP contribution in [0.1, 0.15) is 64.5 Å². The lowest BCUT2D eigenvalue weighted by Crippen LogP contribution is -2.35. The second-order valence-corrected chi connectivity index (χ2v) is 7.17. The van der Waals surface area contributed by atoms with Crippen LogP contribution in [0.2, 0.25) is 0 Å². The first-order chi connectivity index (χ1) is 11.3. The van der Waals surface area contributed by atoms with Crippen LogP contribution in [0, 0.1) is 0 Å². The van der Waals surface area contributed by atoms with E-state index >= 15 is 0 Å². The molecule has 0 spiro atoms. The summed E-state index contributed by atoms with van der Waals surface area (Å²) in [6, 6.07) is 8.48. The summed E-state index contributed by atoms with van der Waals surface area (Å²) >= 11 is 0. The van der Waals surface area contributed by atoms with Crippen LogP contribution in [0.15, 0.2) is 24.3 Å². The van der Waals surface area contributed by atoms with Crippen LogP contribution >= 0.6 is 0 Å². The number of hydrogen-bond donors (Lipinski definition) is 1. The van der Waals surface area contributed by atoms with Gasteiger partial charge < -0.3 is 10.1 Å². The largest absolute Gasteiger partial charge is 0.444 e. The van der Waals surface area contributed by atoms with Crippen LogP contribution < -0.4 is 5.32 Å². The van der Waals surface area contributed by atoms with Crippen molar-refractivity contribution in [2.75, 3.05) is 6.54 Å². The molecule has 134 valence electrons. The van der Waals surface area contributed by atoms with Crippen molar-refractivity contribution in [3.05, 3.63) is 35.4 Å². The average molecular weight is 333 g/mol. The van der Waals surface area contributed by atoms with Gasteiger partial charge >= 0.3 is 6.09 Å². The van der Waals surface area contributed by atoms with Crippen LogP contribution in [-0.4, -0.2) is 24.0 Å². The van der Waals surface area contributed by atoms with E-state index in [0.29, 0.717) is 12.8 Å². The van der Waals surface area contributed by atoms with E-state index in [-0.39, 0.29) is 12.3 Å². The number of ether oxygens (including phenoxy) is 1. The lowest BCUT2D eigenvalue weighted by molar-refractivity contribution is -0.118. The summed E-state index contributed by atoms with van der Waals surface area (Å²) in [6.07, 6.45) is 5.41. The highest BCUT2D eigenvalue weighted by Crippen LogP contribution is 2.10. The van der Waals surface area contributed by atoms with Crippen molar-refractivity contribution >= 4 is 11.9 Å². The van der Waals surface area contributed by atoms with E-state index in [9.17, 15) is 9.59 Å². The summed E-state index contributed by atoms with van der Waals surface area (Å²) in [7, 11) is 0. The molecule has 4 heteroatoms. The first-order valence-electron chi connectivity index (χ1n) is 8.86. The second kappa shape index (κ2) is 10.1. The van der Waals surface area contributed by atoms with E-state index in [2.05, 4.69) is 36.5 Å². The predicted molar refractivity (Wildman–Crippen MR) is 97.2 cm³/mol. The van der Waals surface area contributed by atoms with Gasteiger partial charge in [-0.3, -0.25) is 4.79 Å². The molecule has 1 aromatic carbocycles. The summed E-state index contributed by atoms with van der Waals surface area (Å²) in [5.41, 5.74) is 1.96. The number of aryl methyl sites for hydroxylation is 2. The fourth-order valence-corrected chi connectivity index (χ4v) is 2.31. The van der Waals surface area contributed by atoms with Gasteiger partial charge in [0, 0.05) is 6.42 Å². The smallest absolute Gasteiger partial charge is 0.408 e. The van der Waals surface area contributed by atoms with Gasteiger partial charge in [0.2, 0.25) is 0 Å². The molecule has 0 radical (unpaired) electrons. The summed E-state index contributed by atoms with van der Waals surface area (Å²) < 4.78 is 5.10. The van der Waals surface area contributed by atoms with E-state index in [1.54, 1.807) is 20.8 Å². The van der Waals surface area contributed by atoms with Gasteiger partial charge in [0.05, 0.1) is 6.54 Å². The molecule has 1 N–H and O–H groups in total. The Bertz CT molecular complexity index is 515. The van der Waals surface area contributed by atoms with Gasteiger partial charge in [-0.2, -0.15) is 0 Å². The maximum absolute atomic E-state index is 11.9. The van der Waals surface area contributed by atoms with Gasteiger partial charge in [-0.25, -0.2) is 4.79 Å². The number of Topliss-reactive ketones (excluding diaryl/α,β-unsaturated/α-hetero) is 1. The van der Waals surface area contributed by atoms with E-state index in [0.717, 1.165) is 12.0 Å². The van der Waals surface area contributed by atoms with Crippen molar-refractivity contribution < 1.29 is 14.3 Å². The Balaban J connectivity index is 2.27. The lowest BCUT2D eigenvalue weighted by Gasteiger charge is -2.19. The maximum atomic E-state index is 11.9. The summed E-state index contributed by atoms with van der Waals surface area (Å²) in [4.78, 5) is 23.4. The minimum absolute atomic E-state index is 0.00730. The number of carbonyl (C=O) groups is 2. The highest BCUT2D eigenvalue weighted by Gasteiger charge is 2.16. The SMILES string of the molecule is CCCCCc1ccc(CCC(=O)CNC(=O)OC(C)(C)C)cc1. The molecule has 0 saturated heterocycles. The summed E-state index contributed by atoms with van der Waals surface area (Å²) in [5, 5.41) is 2.50. The van der Waals surface area contributed by atoms with E-state index < -0.39 is 11.7 Å². The number of hydrogen-bond acceptors (Lipinski definition) is 3. The van der Waals surface area contributed by atoms with E-state index in [4.69, 9.17) is 4.74 Å². The van der Waals surface area contributed by atoms with Gasteiger partial charge in [0.15, 0.2) is 5.78 Å². The van der Waals surface area contributed by atoms with Crippen LogP contribution in [0.5, 0.6) is 0 Å². The predicted octanol–water partition coefficient (Wildman–Crippen LogP) is 4.45. The summed E-state index contributed by atoms with van der Waals surface area (Å²) in [5.74, 6) is 0.00730.